The molecule has 554 valence electrons. The fourth-order valence-electron chi connectivity index (χ4n) is 22.1. The number of hydrogen-bond acceptors (Lipinski definition) is 4. The van der Waals surface area contributed by atoms with Gasteiger partial charge in [-0.15, -0.1) is 11.3 Å². The molecule has 3 nitrogen and oxygen atoms in total. The molecule has 19 aromatic rings. The maximum absolute atomic E-state index is 14.5. The quantitative estimate of drug-likeness (QED) is 0.142. The first-order valence-electron chi connectivity index (χ1n) is 41.0. The summed E-state index contributed by atoms with van der Waals surface area (Å²) in [5.74, 6) is -0.160. The Bertz CT molecular complexity index is 7230. The molecule has 0 N–H and O–H groups in total. The van der Waals surface area contributed by atoms with Crippen LogP contribution in [0.5, 0.6) is 0 Å². The average Bonchev–Trinajstić information content (AvgIpc) is 1.50. The number of benzene rings is 18. The van der Waals surface area contributed by atoms with Gasteiger partial charge in [0.1, 0.15) is 0 Å². The number of carbonyl (C=O) groups excluding carboxylic acids is 2. The highest BCUT2D eigenvalue weighted by molar-refractivity contribution is 7.24. The van der Waals surface area contributed by atoms with Crippen molar-refractivity contribution in [2.24, 2.45) is 0 Å². The van der Waals surface area contributed by atoms with E-state index < -0.39 is 21.7 Å². The van der Waals surface area contributed by atoms with Crippen LogP contribution in [0, 0.1) is 0 Å². The standard InChI is InChI=1S/C82H52OS.C33H18O2/c83-79-68-32-16-20-36-77(68)84-78-52-76-69(51-70(78)79)65-31-15-19-35-73(65)82(76,61-43-37-53(38-44-61)55-41-47-66-63-29-13-17-33-71(63)80(74(66)49-55,57-21-5-1-6-22-57)58-23-7-2-8-24-58)62-45-39-54(40-46-62)56-42-48-67-64-30-14-18-34-72(64)81(75(67)50-56,59-25-9-3-10-26-59)60-27-11-4-12-28-60;34-31-22-12-1-2-13-23(22)32(35)26-18-30-24(17-25(26)31)21-11-5-8-16-29(21)33(30)27-14-6-3-9-19(27)20-10-4-7-15-28(20)33/h1-52H;1-18H. The van der Waals surface area contributed by atoms with Crippen LogP contribution in [0.15, 0.2) is 429 Å². The number of fused-ring (bicyclic) bond motifs is 23. The zero-order valence-corrected chi connectivity index (χ0v) is 65.4. The molecule has 0 amide bonds. The number of rotatable bonds is 8. The molecule has 0 fully saturated rings. The minimum absolute atomic E-state index is 0.0767. The predicted molar refractivity (Wildman–Crippen MR) is 484 cm³/mol. The molecule has 0 aliphatic heterocycles. The van der Waals surface area contributed by atoms with E-state index >= 15 is 0 Å². The van der Waals surface area contributed by atoms with Crippen molar-refractivity contribution in [3.05, 3.63) is 546 Å². The molecule has 25 rings (SSSR count). The highest BCUT2D eigenvalue weighted by Crippen LogP contribution is 2.65. The first kappa shape index (κ1) is 68.6. The van der Waals surface area contributed by atoms with Crippen molar-refractivity contribution in [3.8, 4) is 77.9 Å². The summed E-state index contributed by atoms with van der Waals surface area (Å²) >= 11 is 1.70. The van der Waals surface area contributed by atoms with E-state index in [-0.39, 0.29) is 17.0 Å². The molecule has 0 saturated carbocycles. The molecule has 0 saturated heterocycles. The van der Waals surface area contributed by atoms with Crippen LogP contribution in [0.4, 0.5) is 0 Å². The van der Waals surface area contributed by atoms with Gasteiger partial charge in [-0.3, -0.25) is 14.4 Å². The topological polar surface area (TPSA) is 51.2 Å². The summed E-state index contributed by atoms with van der Waals surface area (Å²) in [6.07, 6.45) is 0. The lowest BCUT2D eigenvalue weighted by Crippen LogP contribution is -2.28. The van der Waals surface area contributed by atoms with E-state index in [9.17, 15) is 14.4 Å². The molecule has 0 unspecified atom stereocenters. The summed E-state index contributed by atoms with van der Waals surface area (Å²) in [5, 5.41) is 1.52. The summed E-state index contributed by atoms with van der Waals surface area (Å²) < 4.78 is 1.98. The predicted octanol–water partition coefficient (Wildman–Crippen LogP) is 26.6. The van der Waals surface area contributed by atoms with Crippen LogP contribution in [0.1, 0.15) is 121 Å². The van der Waals surface area contributed by atoms with Gasteiger partial charge in [-0.25, -0.2) is 0 Å². The van der Waals surface area contributed by atoms with Gasteiger partial charge in [-0.2, -0.15) is 0 Å². The molecule has 0 atom stereocenters. The van der Waals surface area contributed by atoms with E-state index in [0.717, 1.165) is 59.1 Å². The van der Waals surface area contributed by atoms with E-state index in [4.69, 9.17) is 0 Å². The fraction of sp³-hybridized carbons (Fsp3) is 0.0348. The molecule has 0 bridgehead atoms. The molecular formula is C115H70O3S. The molecule has 4 heteroatoms. The second-order valence-corrected chi connectivity index (χ2v) is 33.5. The zero-order valence-electron chi connectivity index (χ0n) is 64.5. The molecular weight excluding hydrogens is 1460 g/mol. The lowest BCUT2D eigenvalue weighted by molar-refractivity contribution is 0.0979. The van der Waals surface area contributed by atoms with Gasteiger partial charge in [-0.05, 0) is 215 Å². The Morgan fingerprint density at radius 3 is 0.832 bits per heavy atom. The Labute approximate surface area is 693 Å². The average molecular weight is 1530 g/mol. The number of ketones is 2. The van der Waals surface area contributed by atoms with E-state index in [1.165, 1.54) is 128 Å². The van der Waals surface area contributed by atoms with Crippen molar-refractivity contribution in [2.75, 3.05) is 0 Å². The molecule has 119 heavy (non-hydrogen) atoms. The molecule has 6 aliphatic carbocycles. The van der Waals surface area contributed by atoms with Gasteiger partial charge in [0.15, 0.2) is 17.0 Å². The zero-order chi connectivity index (χ0) is 78.9. The van der Waals surface area contributed by atoms with Gasteiger partial charge in [0, 0.05) is 42.4 Å². The van der Waals surface area contributed by atoms with Crippen LogP contribution < -0.4 is 5.43 Å². The van der Waals surface area contributed by atoms with Crippen molar-refractivity contribution in [2.45, 2.75) is 21.7 Å². The second kappa shape index (κ2) is 26.1. The first-order chi connectivity index (χ1) is 58.8. The van der Waals surface area contributed by atoms with Crippen molar-refractivity contribution >= 4 is 43.1 Å². The highest BCUT2D eigenvalue weighted by atomic mass is 32.1. The Morgan fingerprint density at radius 1 is 0.160 bits per heavy atom. The van der Waals surface area contributed by atoms with E-state index in [1.807, 2.05) is 42.5 Å². The maximum atomic E-state index is 14.5. The third-order valence-electron chi connectivity index (χ3n) is 27.0. The van der Waals surface area contributed by atoms with Crippen LogP contribution in [0.25, 0.3) is 98.1 Å². The molecule has 1 aromatic heterocycles. The minimum atomic E-state index is -0.733. The van der Waals surface area contributed by atoms with E-state index in [2.05, 4.69) is 370 Å². The fourth-order valence-corrected chi connectivity index (χ4v) is 23.2. The Morgan fingerprint density at radius 2 is 0.437 bits per heavy atom. The van der Waals surface area contributed by atoms with Crippen molar-refractivity contribution < 1.29 is 9.59 Å². The van der Waals surface area contributed by atoms with Crippen LogP contribution >= 0.6 is 11.3 Å². The lowest BCUT2D eigenvalue weighted by atomic mass is 9.67. The smallest absolute Gasteiger partial charge is 0.195 e. The van der Waals surface area contributed by atoms with Gasteiger partial charge in [0.25, 0.3) is 0 Å². The van der Waals surface area contributed by atoms with Crippen LogP contribution in [-0.2, 0) is 21.7 Å². The highest BCUT2D eigenvalue weighted by Gasteiger charge is 2.54. The van der Waals surface area contributed by atoms with E-state index in [0.29, 0.717) is 22.3 Å². The summed E-state index contributed by atoms with van der Waals surface area (Å²) in [6.45, 7) is 0. The van der Waals surface area contributed by atoms with Crippen molar-refractivity contribution in [3.63, 3.8) is 0 Å². The third kappa shape index (κ3) is 9.40. The molecule has 1 heterocycles. The Hall–Kier alpha value is -14.8. The Kier molecular flexibility index (Phi) is 15.0. The summed E-state index contributed by atoms with van der Waals surface area (Å²) in [4.78, 5) is 41.7. The molecule has 18 aromatic carbocycles. The molecule has 1 spiro atoms. The van der Waals surface area contributed by atoms with Crippen molar-refractivity contribution in [1.82, 2.24) is 0 Å². The molecule has 6 aliphatic rings. The lowest BCUT2D eigenvalue weighted by Gasteiger charge is -2.35. The summed E-state index contributed by atoms with van der Waals surface area (Å²) in [7, 11) is 0. The summed E-state index contributed by atoms with van der Waals surface area (Å²) in [5.41, 5.74) is 35.9. The maximum Gasteiger partial charge on any atom is 0.195 e. The second-order valence-electron chi connectivity index (χ2n) is 32.4. The SMILES string of the molecule is O=C1c2ccccc2C(=O)c2cc3c(cc21)-c1ccccc1C31c2ccccc2-c2ccccc21.O=c1c2ccccc2sc2cc3c(cc12)-c1ccccc1C3(c1ccc(-c2ccc3c(c2)C(c2ccccc2)(c2ccccc2)c2ccccc2-3)cc1)c1ccc(-c2ccc3c(c2)C(c2ccccc2)(c2ccccc2)c2ccccc2-3)cc1. The Balaban J connectivity index is 0.000000191. The van der Waals surface area contributed by atoms with Gasteiger partial charge in [-0.1, -0.05) is 376 Å². The van der Waals surface area contributed by atoms with E-state index in [1.54, 1.807) is 23.5 Å². The number of carbonyl (C=O) groups is 2. The van der Waals surface area contributed by atoms with Gasteiger partial charge >= 0.3 is 0 Å². The van der Waals surface area contributed by atoms with Crippen LogP contribution in [0.2, 0.25) is 0 Å². The van der Waals surface area contributed by atoms with Crippen LogP contribution in [0.3, 0.4) is 0 Å². The van der Waals surface area contributed by atoms with Gasteiger partial charge in [0.05, 0.1) is 21.7 Å². The molecule has 0 radical (unpaired) electrons. The summed E-state index contributed by atoms with van der Waals surface area (Å²) in [6, 6.07) is 153. The monoisotopic (exact) mass is 1530 g/mol. The van der Waals surface area contributed by atoms with Gasteiger partial charge < -0.3 is 0 Å². The van der Waals surface area contributed by atoms with Crippen molar-refractivity contribution in [1.29, 1.82) is 0 Å². The van der Waals surface area contributed by atoms with Gasteiger partial charge in [0.2, 0.25) is 0 Å². The first-order valence-corrected chi connectivity index (χ1v) is 41.8. The third-order valence-corrected chi connectivity index (χ3v) is 28.1. The number of hydrogen-bond donors (Lipinski definition) is 0. The largest absolute Gasteiger partial charge is 0.289 e. The van der Waals surface area contributed by atoms with Crippen LogP contribution in [-0.4, -0.2) is 11.6 Å². The normalized spacial score (nSPS) is 14.6. The minimum Gasteiger partial charge on any atom is -0.289 e.